The van der Waals surface area contributed by atoms with Crippen molar-refractivity contribution in [2.45, 2.75) is 24.8 Å². The third-order valence-corrected chi connectivity index (χ3v) is 4.20. The number of aromatic hydroxyl groups is 1. The molecule has 20 heavy (non-hydrogen) atoms. The number of aliphatic imine (C=N–C) groups is 1. The van der Waals surface area contributed by atoms with Crippen LogP contribution in [0.4, 0.5) is 0 Å². The maximum absolute atomic E-state index is 10.8. The molecule has 2 aromatic heterocycles. The molecule has 1 saturated carbocycles. The number of phenols is 1. The molecule has 1 aliphatic carbocycles. The molecule has 4 rings (SSSR count). The molecule has 3 aromatic rings. The Labute approximate surface area is 113 Å². The first-order valence-electron chi connectivity index (χ1n) is 6.46. The lowest BCUT2D eigenvalue weighted by atomic mass is 9.71. The molecule has 0 atom stereocenters. The molecule has 0 unspecified atom stereocenters. The third kappa shape index (κ3) is 1.22. The summed E-state index contributed by atoms with van der Waals surface area (Å²) in [4.78, 5) is 14.8. The van der Waals surface area contributed by atoms with Crippen LogP contribution in [-0.4, -0.2) is 11.2 Å². The minimum atomic E-state index is -0.603. The zero-order valence-corrected chi connectivity index (χ0v) is 10.5. The number of nitrogens with zero attached hydrogens (tertiary/aromatic N) is 1. The van der Waals surface area contributed by atoms with Crippen molar-refractivity contribution in [2.75, 3.05) is 0 Å². The predicted molar refractivity (Wildman–Crippen MR) is 71.3 cm³/mol. The summed E-state index contributed by atoms with van der Waals surface area (Å²) >= 11 is 0. The Morgan fingerprint density at radius 1 is 1.15 bits per heavy atom. The van der Waals surface area contributed by atoms with E-state index in [-0.39, 0.29) is 5.75 Å². The molecule has 0 saturated heterocycles. The van der Waals surface area contributed by atoms with Crippen molar-refractivity contribution in [3.05, 3.63) is 30.2 Å². The average molecular weight is 269 g/mol. The van der Waals surface area contributed by atoms with Crippen LogP contribution in [0.25, 0.3) is 21.9 Å². The van der Waals surface area contributed by atoms with Crippen molar-refractivity contribution >= 4 is 28.0 Å². The zero-order chi connectivity index (χ0) is 13.7. The van der Waals surface area contributed by atoms with Gasteiger partial charge in [-0.3, -0.25) is 0 Å². The highest BCUT2D eigenvalue weighted by Crippen LogP contribution is 2.52. The van der Waals surface area contributed by atoms with Crippen molar-refractivity contribution in [3.63, 3.8) is 0 Å². The molecule has 0 bridgehead atoms. The van der Waals surface area contributed by atoms with E-state index in [0.717, 1.165) is 30.2 Å². The Bertz CT molecular complexity index is 811. The highest BCUT2D eigenvalue weighted by molar-refractivity contribution is 6.04. The molecule has 0 amide bonds. The molecule has 0 radical (unpaired) electrons. The molecular weight excluding hydrogens is 258 g/mol. The van der Waals surface area contributed by atoms with Crippen LogP contribution in [0.1, 0.15) is 24.8 Å². The van der Waals surface area contributed by atoms with Gasteiger partial charge in [0.2, 0.25) is 6.08 Å². The normalized spacial score (nSPS) is 17.0. The van der Waals surface area contributed by atoms with Crippen molar-refractivity contribution in [1.82, 2.24) is 0 Å². The molecule has 5 heteroatoms. The van der Waals surface area contributed by atoms with E-state index in [1.807, 2.05) is 0 Å². The van der Waals surface area contributed by atoms with Crippen LogP contribution < -0.4 is 0 Å². The van der Waals surface area contributed by atoms with Gasteiger partial charge in [-0.25, -0.2) is 4.79 Å². The number of rotatable bonds is 2. The Hall–Kier alpha value is -2.52. The van der Waals surface area contributed by atoms with Gasteiger partial charge in [-0.2, -0.15) is 4.99 Å². The fraction of sp³-hybridized carbons (Fsp3) is 0.267. The first-order chi connectivity index (χ1) is 9.77. The lowest BCUT2D eigenvalue weighted by Gasteiger charge is -2.37. The quantitative estimate of drug-likeness (QED) is 0.569. The topological polar surface area (TPSA) is 75.9 Å². The van der Waals surface area contributed by atoms with E-state index >= 15 is 0 Å². The Kier molecular flexibility index (Phi) is 2.12. The van der Waals surface area contributed by atoms with E-state index in [1.54, 1.807) is 18.2 Å². The van der Waals surface area contributed by atoms with Crippen LogP contribution in [0, 0.1) is 0 Å². The summed E-state index contributed by atoms with van der Waals surface area (Å²) in [7, 11) is 0. The average Bonchev–Trinajstić information content (AvgIpc) is 3.04. The molecule has 0 spiro atoms. The number of hydrogen-bond donors (Lipinski definition) is 1. The molecular formula is C15H11NO4. The Morgan fingerprint density at radius 2 is 1.85 bits per heavy atom. The molecule has 1 fully saturated rings. The SMILES string of the molecule is O=C=NC1(c2c3ccoc3c(O)c3ccoc23)CCC1. The van der Waals surface area contributed by atoms with Gasteiger partial charge in [0.05, 0.1) is 17.9 Å². The van der Waals surface area contributed by atoms with Crippen molar-refractivity contribution in [2.24, 2.45) is 4.99 Å². The first kappa shape index (κ1) is 11.3. The first-order valence-corrected chi connectivity index (χ1v) is 6.46. The fourth-order valence-electron chi connectivity index (χ4n) is 3.10. The Balaban J connectivity index is 2.20. The van der Waals surface area contributed by atoms with Crippen molar-refractivity contribution in [3.8, 4) is 5.75 Å². The second-order valence-electron chi connectivity index (χ2n) is 5.14. The van der Waals surface area contributed by atoms with E-state index in [1.165, 1.54) is 12.5 Å². The molecule has 100 valence electrons. The highest BCUT2D eigenvalue weighted by Gasteiger charge is 2.43. The predicted octanol–water partition coefficient (Wildman–Crippen LogP) is 3.60. The summed E-state index contributed by atoms with van der Waals surface area (Å²) in [6, 6.07) is 3.46. The van der Waals surface area contributed by atoms with Gasteiger partial charge in [0.15, 0.2) is 11.3 Å². The van der Waals surface area contributed by atoms with Gasteiger partial charge < -0.3 is 13.9 Å². The van der Waals surface area contributed by atoms with E-state index < -0.39 is 5.54 Å². The smallest absolute Gasteiger partial charge is 0.235 e. The van der Waals surface area contributed by atoms with Gasteiger partial charge in [-0.05, 0) is 31.4 Å². The van der Waals surface area contributed by atoms with E-state index in [9.17, 15) is 9.90 Å². The van der Waals surface area contributed by atoms with Crippen LogP contribution in [0.5, 0.6) is 5.75 Å². The molecule has 5 nitrogen and oxygen atoms in total. The maximum atomic E-state index is 10.8. The summed E-state index contributed by atoms with van der Waals surface area (Å²) in [6.45, 7) is 0. The molecule has 0 aliphatic heterocycles. The summed E-state index contributed by atoms with van der Waals surface area (Å²) in [5.41, 5.74) is 1.18. The summed E-state index contributed by atoms with van der Waals surface area (Å²) in [5.74, 6) is 0.0575. The lowest BCUT2D eigenvalue weighted by molar-refractivity contribution is 0.258. The van der Waals surface area contributed by atoms with Crippen LogP contribution in [0.3, 0.4) is 0 Å². The second kappa shape index (κ2) is 3.74. The minimum Gasteiger partial charge on any atom is -0.504 e. The zero-order valence-electron chi connectivity index (χ0n) is 10.5. The number of hydrogen-bond acceptors (Lipinski definition) is 5. The number of furan rings is 2. The largest absolute Gasteiger partial charge is 0.504 e. The number of benzene rings is 1. The van der Waals surface area contributed by atoms with Crippen LogP contribution in [0.2, 0.25) is 0 Å². The lowest BCUT2D eigenvalue weighted by Crippen LogP contribution is -2.32. The third-order valence-electron chi connectivity index (χ3n) is 4.20. The monoisotopic (exact) mass is 269 g/mol. The molecule has 1 aliphatic rings. The number of phenolic OH excluding ortho intramolecular Hbond substituents is 1. The summed E-state index contributed by atoms with van der Waals surface area (Å²) < 4.78 is 10.9. The van der Waals surface area contributed by atoms with Crippen molar-refractivity contribution < 1.29 is 18.7 Å². The molecule has 1 aromatic carbocycles. The van der Waals surface area contributed by atoms with Crippen LogP contribution in [-0.2, 0) is 10.3 Å². The molecule has 1 N–H and O–H groups in total. The van der Waals surface area contributed by atoms with Gasteiger partial charge in [-0.1, -0.05) is 0 Å². The summed E-state index contributed by atoms with van der Waals surface area (Å²) in [5, 5.41) is 11.6. The number of fused-ring (bicyclic) bond motifs is 2. The number of isocyanates is 1. The Morgan fingerprint density at radius 3 is 2.50 bits per heavy atom. The van der Waals surface area contributed by atoms with Gasteiger partial charge in [-0.15, -0.1) is 0 Å². The fourth-order valence-corrected chi connectivity index (χ4v) is 3.10. The summed E-state index contributed by atoms with van der Waals surface area (Å²) in [6.07, 6.45) is 7.24. The van der Waals surface area contributed by atoms with Gasteiger partial charge in [0, 0.05) is 10.9 Å². The van der Waals surface area contributed by atoms with Gasteiger partial charge >= 0.3 is 0 Å². The second-order valence-corrected chi connectivity index (χ2v) is 5.14. The maximum Gasteiger partial charge on any atom is 0.235 e. The minimum absolute atomic E-state index is 0.0575. The highest BCUT2D eigenvalue weighted by atomic mass is 16.4. The van der Waals surface area contributed by atoms with Crippen LogP contribution in [0.15, 0.2) is 38.5 Å². The van der Waals surface area contributed by atoms with Gasteiger partial charge in [0.25, 0.3) is 0 Å². The van der Waals surface area contributed by atoms with E-state index in [0.29, 0.717) is 16.6 Å². The van der Waals surface area contributed by atoms with Crippen molar-refractivity contribution in [1.29, 1.82) is 0 Å². The molecule has 2 heterocycles. The van der Waals surface area contributed by atoms with E-state index in [2.05, 4.69) is 4.99 Å². The van der Waals surface area contributed by atoms with Crippen LogP contribution >= 0.6 is 0 Å². The van der Waals surface area contributed by atoms with Gasteiger partial charge in [0.1, 0.15) is 11.1 Å². The van der Waals surface area contributed by atoms with E-state index in [4.69, 9.17) is 8.83 Å². The number of carbonyl (C=O) groups excluding carboxylic acids is 1. The standard InChI is InChI=1S/C15H11NO4/c17-8-16-15(4-1-5-15)11-9-2-6-20-14(9)12(18)10-3-7-19-13(10)11/h2-3,6-7,18H,1,4-5H2.